The van der Waals surface area contributed by atoms with Gasteiger partial charge in [0, 0.05) is 20.0 Å². The van der Waals surface area contributed by atoms with Crippen molar-refractivity contribution in [2.75, 3.05) is 41.0 Å². The molecule has 0 aliphatic rings. The number of aliphatic hydroxyl groups is 1. The lowest BCUT2D eigenvalue weighted by molar-refractivity contribution is -0.145. The Labute approximate surface area is 350 Å². The molecule has 0 aliphatic carbocycles. The first-order valence-corrected chi connectivity index (χ1v) is 24.1. The van der Waals surface area contributed by atoms with Crippen LogP contribution in [0.25, 0.3) is 0 Å². The number of rotatable bonds is 41. The van der Waals surface area contributed by atoms with Gasteiger partial charge < -0.3 is 24.3 Å². The van der Waals surface area contributed by atoms with E-state index in [9.17, 15) is 9.59 Å². The summed E-state index contributed by atoms with van der Waals surface area (Å²) in [4.78, 5) is 34.8. The Morgan fingerprint density at radius 2 is 0.696 bits per heavy atom. The quantitative estimate of drug-likeness (QED) is 0.0486. The molecule has 336 valence electrons. The zero-order chi connectivity index (χ0) is 42.3. The van der Waals surface area contributed by atoms with Crippen LogP contribution >= 0.6 is 0 Å². The molecular weight excluding hydrogens is 699 g/mol. The number of unbranched alkanes of at least 4 members (excludes halogenated alkanes) is 16. The van der Waals surface area contributed by atoms with Crippen molar-refractivity contribution in [2.24, 2.45) is 17.8 Å². The molecule has 0 unspecified atom stereocenters. The topological polar surface area (TPSA) is 93.1 Å². The fourth-order valence-electron chi connectivity index (χ4n) is 7.71. The zero-order valence-corrected chi connectivity index (χ0v) is 38.8. The SMILES string of the molecule is C=O.CCCCC(CCCC)CCOC(=O)CCCCCCCCCC(CCCCCCCCCC(=O)OCCC(CCCC)CCCC)CCN(C)C.CO. The van der Waals surface area contributed by atoms with Crippen LogP contribution in [-0.4, -0.2) is 69.7 Å². The van der Waals surface area contributed by atoms with Crippen LogP contribution in [0.1, 0.15) is 240 Å². The normalized spacial score (nSPS) is 11.1. The molecule has 0 aromatic carbocycles. The summed E-state index contributed by atoms with van der Waals surface area (Å²) in [5, 5.41) is 7.00. The van der Waals surface area contributed by atoms with Crippen LogP contribution in [0, 0.1) is 17.8 Å². The van der Waals surface area contributed by atoms with Crippen LogP contribution in [0.5, 0.6) is 0 Å². The molecular formula is C49H99NO6. The lowest BCUT2D eigenvalue weighted by atomic mass is 9.91. The second-order valence-electron chi connectivity index (χ2n) is 16.8. The van der Waals surface area contributed by atoms with E-state index in [1.807, 2.05) is 6.79 Å². The van der Waals surface area contributed by atoms with Gasteiger partial charge in [0.25, 0.3) is 0 Å². The fraction of sp³-hybridized carbons (Fsp3) is 0.939. The van der Waals surface area contributed by atoms with Crippen LogP contribution in [0.3, 0.4) is 0 Å². The molecule has 0 rings (SSSR count). The standard InChI is InChI=1S/C47H93NO4.CH4O.CH2O/c1-7-11-29-44(30-12-8-2)38-41-51-46(49)35-27-23-19-15-17-21-25-33-43(37-40-48(5)6)34-26-22-18-16-20-24-28-36-47(50)52-42-39-45(31-13-9-3)32-14-10-4;2*1-2/h43-45H,7-42H2,1-6H3;2H,1H3;1H2. The molecule has 0 aliphatic heterocycles. The maximum absolute atomic E-state index is 12.2. The van der Waals surface area contributed by atoms with Gasteiger partial charge in [-0.1, -0.05) is 195 Å². The highest BCUT2D eigenvalue weighted by atomic mass is 16.5. The molecule has 0 amide bonds. The Morgan fingerprint density at radius 1 is 0.429 bits per heavy atom. The van der Waals surface area contributed by atoms with E-state index in [1.54, 1.807) is 0 Å². The molecule has 0 saturated heterocycles. The van der Waals surface area contributed by atoms with Gasteiger partial charge in [0.15, 0.2) is 0 Å². The summed E-state index contributed by atoms with van der Waals surface area (Å²) < 4.78 is 11.2. The van der Waals surface area contributed by atoms with Crippen molar-refractivity contribution in [3.8, 4) is 0 Å². The van der Waals surface area contributed by atoms with Gasteiger partial charge in [0.1, 0.15) is 6.79 Å². The molecule has 56 heavy (non-hydrogen) atoms. The van der Waals surface area contributed by atoms with Gasteiger partial charge in [-0.15, -0.1) is 0 Å². The summed E-state index contributed by atoms with van der Waals surface area (Å²) in [6, 6.07) is 0. The first-order chi connectivity index (χ1) is 27.4. The molecule has 0 spiro atoms. The third-order valence-corrected chi connectivity index (χ3v) is 11.4. The molecule has 0 bridgehead atoms. The van der Waals surface area contributed by atoms with E-state index in [0.717, 1.165) is 63.4 Å². The number of aliphatic hydroxyl groups excluding tert-OH is 1. The lowest BCUT2D eigenvalue weighted by Gasteiger charge is -2.19. The van der Waals surface area contributed by atoms with Gasteiger partial charge in [-0.3, -0.25) is 9.59 Å². The Balaban J connectivity index is -0.00000678. The van der Waals surface area contributed by atoms with Crippen molar-refractivity contribution >= 4 is 18.7 Å². The molecule has 0 aromatic heterocycles. The van der Waals surface area contributed by atoms with Crippen molar-refractivity contribution < 1.29 is 29.0 Å². The van der Waals surface area contributed by atoms with Gasteiger partial charge in [-0.25, -0.2) is 0 Å². The number of ether oxygens (including phenoxy) is 2. The number of carbonyl (C=O) groups excluding carboxylic acids is 3. The Hall–Kier alpha value is -1.47. The van der Waals surface area contributed by atoms with Crippen LogP contribution in [0.4, 0.5) is 0 Å². The summed E-state index contributed by atoms with van der Waals surface area (Å²) in [6.45, 7) is 13.5. The highest BCUT2D eigenvalue weighted by Crippen LogP contribution is 2.24. The predicted molar refractivity (Wildman–Crippen MR) is 241 cm³/mol. The van der Waals surface area contributed by atoms with E-state index in [2.05, 4.69) is 46.7 Å². The summed E-state index contributed by atoms with van der Waals surface area (Å²) in [5.74, 6) is 2.35. The van der Waals surface area contributed by atoms with Crippen LogP contribution in [-0.2, 0) is 23.9 Å². The highest BCUT2D eigenvalue weighted by molar-refractivity contribution is 5.69. The third-order valence-electron chi connectivity index (χ3n) is 11.4. The third kappa shape index (κ3) is 45.2. The van der Waals surface area contributed by atoms with Crippen LogP contribution in [0.2, 0.25) is 0 Å². The number of hydrogen-bond acceptors (Lipinski definition) is 7. The average Bonchev–Trinajstić information content (AvgIpc) is 3.21. The monoisotopic (exact) mass is 798 g/mol. The number of nitrogens with zero attached hydrogens (tertiary/aromatic N) is 1. The van der Waals surface area contributed by atoms with E-state index in [1.165, 1.54) is 167 Å². The highest BCUT2D eigenvalue weighted by Gasteiger charge is 2.12. The van der Waals surface area contributed by atoms with Crippen molar-refractivity contribution in [1.29, 1.82) is 0 Å². The Morgan fingerprint density at radius 3 is 1.00 bits per heavy atom. The maximum atomic E-state index is 12.2. The fourth-order valence-corrected chi connectivity index (χ4v) is 7.71. The van der Waals surface area contributed by atoms with Crippen molar-refractivity contribution in [3.05, 3.63) is 0 Å². The molecule has 0 fully saturated rings. The van der Waals surface area contributed by atoms with Gasteiger partial charge >= 0.3 is 11.9 Å². The smallest absolute Gasteiger partial charge is 0.305 e. The predicted octanol–water partition coefficient (Wildman–Crippen LogP) is 13.9. The maximum Gasteiger partial charge on any atom is 0.305 e. The van der Waals surface area contributed by atoms with Crippen molar-refractivity contribution in [1.82, 2.24) is 4.90 Å². The molecule has 7 heteroatoms. The summed E-state index contributed by atoms with van der Waals surface area (Å²) in [6.07, 6.45) is 40.2. The largest absolute Gasteiger partial charge is 0.466 e. The van der Waals surface area contributed by atoms with Gasteiger partial charge in [0.2, 0.25) is 0 Å². The van der Waals surface area contributed by atoms with E-state index in [0.29, 0.717) is 26.1 Å². The Bertz CT molecular complexity index is 706. The molecule has 0 heterocycles. The molecule has 0 radical (unpaired) electrons. The van der Waals surface area contributed by atoms with Crippen LogP contribution in [0.15, 0.2) is 0 Å². The van der Waals surface area contributed by atoms with E-state index in [4.69, 9.17) is 19.4 Å². The second-order valence-corrected chi connectivity index (χ2v) is 16.8. The first kappa shape index (κ1) is 58.8. The summed E-state index contributed by atoms with van der Waals surface area (Å²) in [7, 11) is 5.40. The molecule has 7 nitrogen and oxygen atoms in total. The number of esters is 2. The summed E-state index contributed by atoms with van der Waals surface area (Å²) in [5.41, 5.74) is 0. The van der Waals surface area contributed by atoms with E-state index in [-0.39, 0.29) is 11.9 Å². The minimum atomic E-state index is 0.0154. The zero-order valence-electron chi connectivity index (χ0n) is 38.8. The molecule has 0 saturated carbocycles. The second kappa shape index (κ2) is 49.7. The summed E-state index contributed by atoms with van der Waals surface area (Å²) >= 11 is 0. The van der Waals surface area contributed by atoms with Gasteiger partial charge in [-0.2, -0.15) is 0 Å². The van der Waals surface area contributed by atoms with E-state index < -0.39 is 0 Å². The van der Waals surface area contributed by atoms with Crippen molar-refractivity contribution in [2.45, 2.75) is 240 Å². The lowest BCUT2D eigenvalue weighted by Crippen LogP contribution is -2.17. The first-order valence-electron chi connectivity index (χ1n) is 24.1. The molecule has 0 aromatic rings. The van der Waals surface area contributed by atoms with Gasteiger partial charge in [0.05, 0.1) is 13.2 Å². The van der Waals surface area contributed by atoms with Crippen LogP contribution < -0.4 is 0 Å². The minimum Gasteiger partial charge on any atom is -0.466 e. The van der Waals surface area contributed by atoms with Gasteiger partial charge in [-0.05, 0) is 70.5 Å². The minimum absolute atomic E-state index is 0.0154. The molecule has 1 N–H and O–H groups in total. The van der Waals surface area contributed by atoms with Crippen molar-refractivity contribution in [3.63, 3.8) is 0 Å². The Kier molecular flexibility index (Phi) is 52.2. The number of carbonyl (C=O) groups is 3. The number of hydrogen-bond donors (Lipinski definition) is 1. The average molecular weight is 798 g/mol. The molecule has 0 atom stereocenters. The van der Waals surface area contributed by atoms with E-state index >= 15 is 0 Å².